The summed E-state index contributed by atoms with van der Waals surface area (Å²) >= 11 is 3.08. The first-order chi connectivity index (χ1) is 10.7. The van der Waals surface area contributed by atoms with Crippen LogP contribution in [-0.2, 0) is 20.7 Å². The monoisotopic (exact) mass is 457 g/mol. The normalized spacial score (nSPS) is 12.9. The van der Waals surface area contributed by atoms with Crippen LogP contribution in [-0.4, -0.2) is 45.0 Å². The Morgan fingerprint density at radius 3 is 2.61 bits per heavy atom. The Morgan fingerprint density at radius 1 is 1.35 bits per heavy atom. The van der Waals surface area contributed by atoms with E-state index in [1.165, 1.54) is 37.7 Å². The average molecular weight is 457 g/mol. The first kappa shape index (κ1) is 20.3. The smallest absolute Gasteiger partial charge is 0.325 e. The SMILES string of the molecule is CC(C)(O)OCSCOC(=O)[C@H](Cc1ccc(O)c(O)c1)NI. The van der Waals surface area contributed by atoms with Crippen molar-refractivity contribution in [3.8, 4) is 11.5 Å². The summed E-state index contributed by atoms with van der Waals surface area (Å²) < 4.78 is 13.0. The molecule has 0 spiro atoms. The Balaban J connectivity index is 2.41. The molecule has 0 aromatic heterocycles. The molecule has 0 heterocycles. The van der Waals surface area contributed by atoms with Gasteiger partial charge in [-0.05, 0) is 38.0 Å². The Morgan fingerprint density at radius 2 is 2.04 bits per heavy atom. The molecule has 0 radical (unpaired) electrons. The van der Waals surface area contributed by atoms with Gasteiger partial charge in [0.2, 0.25) is 0 Å². The molecule has 0 fully saturated rings. The number of phenols is 2. The Kier molecular flexibility index (Phi) is 8.40. The fraction of sp³-hybridized carbons (Fsp3) is 0.500. The average Bonchev–Trinajstić information content (AvgIpc) is 2.46. The highest BCUT2D eigenvalue weighted by atomic mass is 127. The van der Waals surface area contributed by atoms with Crippen molar-refractivity contribution in [1.82, 2.24) is 3.53 Å². The Hall–Kier alpha value is -0.750. The number of carbonyl (C=O) groups excluding carboxylic acids is 1. The van der Waals surface area contributed by atoms with E-state index in [-0.39, 0.29) is 23.4 Å². The molecule has 0 bridgehead atoms. The summed E-state index contributed by atoms with van der Waals surface area (Å²) in [5.41, 5.74) is 0.685. The predicted octanol–water partition coefficient (Wildman–Crippen LogP) is 1.88. The molecule has 0 saturated heterocycles. The van der Waals surface area contributed by atoms with Crippen LogP contribution in [0.1, 0.15) is 19.4 Å². The molecule has 1 atom stereocenters. The van der Waals surface area contributed by atoms with Gasteiger partial charge in [0.05, 0.1) is 5.94 Å². The van der Waals surface area contributed by atoms with Crippen LogP contribution < -0.4 is 3.53 Å². The second kappa shape index (κ2) is 9.52. The second-order valence-electron chi connectivity index (χ2n) is 5.18. The predicted molar refractivity (Wildman–Crippen MR) is 95.2 cm³/mol. The summed E-state index contributed by atoms with van der Waals surface area (Å²) in [6, 6.07) is 3.80. The second-order valence-corrected chi connectivity index (χ2v) is 6.69. The zero-order valence-electron chi connectivity index (χ0n) is 12.8. The number of benzene rings is 1. The molecule has 0 unspecified atom stereocenters. The summed E-state index contributed by atoms with van der Waals surface area (Å²) in [6.45, 7) is 3.03. The van der Waals surface area contributed by atoms with E-state index in [4.69, 9.17) is 9.47 Å². The third-order valence-corrected chi connectivity index (χ3v) is 4.00. The van der Waals surface area contributed by atoms with E-state index in [0.29, 0.717) is 12.0 Å². The Bertz CT molecular complexity index is 522. The first-order valence-electron chi connectivity index (χ1n) is 6.70. The number of esters is 1. The number of hydrogen-bond donors (Lipinski definition) is 4. The molecule has 4 N–H and O–H groups in total. The molecule has 130 valence electrons. The molecule has 23 heavy (non-hydrogen) atoms. The van der Waals surface area contributed by atoms with E-state index < -0.39 is 17.8 Å². The van der Waals surface area contributed by atoms with E-state index in [1.54, 1.807) is 6.07 Å². The highest BCUT2D eigenvalue weighted by molar-refractivity contribution is 14.1. The van der Waals surface area contributed by atoms with Crippen LogP contribution in [0.5, 0.6) is 11.5 Å². The van der Waals surface area contributed by atoms with Crippen LogP contribution in [0.15, 0.2) is 18.2 Å². The van der Waals surface area contributed by atoms with E-state index in [2.05, 4.69) is 3.53 Å². The zero-order chi connectivity index (χ0) is 17.5. The van der Waals surface area contributed by atoms with E-state index >= 15 is 0 Å². The number of hydrogen-bond acceptors (Lipinski definition) is 8. The highest BCUT2D eigenvalue weighted by Crippen LogP contribution is 2.25. The number of halogens is 1. The van der Waals surface area contributed by atoms with Crippen LogP contribution in [0.2, 0.25) is 0 Å². The molecule has 0 aliphatic heterocycles. The van der Waals surface area contributed by atoms with Gasteiger partial charge in [-0.25, -0.2) is 3.53 Å². The molecule has 0 amide bonds. The quantitative estimate of drug-likeness (QED) is 0.111. The fourth-order valence-corrected chi connectivity index (χ4v) is 2.63. The van der Waals surface area contributed by atoms with E-state index in [9.17, 15) is 20.1 Å². The van der Waals surface area contributed by atoms with Gasteiger partial charge in [-0.2, -0.15) is 0 Å². The summed E-state index contributed by atoms with van der Waals surface area (Å²) in [5.74, 6) is -1.80. The standard InChI is InChI=1S/C14H20INO6S/c1-14(2,20)22-8-23-7-21-13(19)10(16-15)5-9-3-4-11(17)12(18)6-9/h3-4,6,10,16-18,20H,5,7-8H2,1-2H3/t10-/m0/s1. The molecular weight excluding hydrogens is 437 g/mol. The van der Waals surface area contributed by atoms with Gasteiger partial charge in [0, 0.05) is 22.9 Å². The van der Waals surface area contributed by atoms with Crippen LogP contribution in [0, 0.1) is 0 Å². The maximum Gasteiger partial charge on any atom is 0.325 e. The molecule has 9 heteroatoms. The topological polar surface area (TPSA) is 108 Å². The summed E-state index contributed by atoms with van der Waals surface area (Å²) in [4.78, 5) is 12.0. The lowest BCUT2D eigenvalue weighted by molar-refractivity contribution is -0.161. The molecule has 0 aliphatic rings. The number of nitrogens with one attached hydrogen (secondary N) is 1. The van der Waals surface area contributed by atoms with Crippen molar-refractivity contribution in [2.75, 3.05) is 11.9 Å². The maximum absolute atomic E-state index is 12.0. The van der Waals surface area contributed by atoms with Crippen LogP contribution in [0.3, 0.4) is 0 Å². The minimum absolute atomic E-state index is 0.102. The number of carbonyl (C=O) groups is 1. The van der Waals surface area contributed by atoms with Crippen molar-refractivity contribution >= 4 is 40.6 Å². The van der Waals surface area contributed by atoms with Crippen molar-refractivity contribution < 1.29 is 29.6 Å². The van der Waals surface area contributed by atoms with Gasteiger partial charge in [-0.15, -0.1) is 0 Å². The molecule has 7 nitrogen and oxygen atoms in total. The van der Waals surface area contributed by atoms with Crippen LogP contribution >= 0.6 is 34.6 Å². The van der Waals surface area contributed by atoms with Gasteiger partial charge < -0.3 is 24.8 Å². The minimum Gasteiger partial charge on any atom is -0.504 e. The first-order valence-corrected chi connectivity index (χ1v) is 8.94. The number of ether oxygens (including phenoxy) is 2. The summed E-state index contributed by atoms with van der Waals surface area (Å²) in [7, 11) is 0. The van der Waals surface area contributed by atoms with E-state index in [1.807, 2.05) is 22.9 Å². The zero-order valence-corrected chi connectivity index (χ0v) is 15.8. The summed E-state index contributed by atoms with van der Waals surface area (Å²) in [5, 5.41) is 28.1. The van der Waals surface area contributed by atoms with Crippen LogP contribution in [0.4, 0.5) is 0 Å². The van der Waals surface area contributed by atoms with Crippen molar-refractivity contribution in [3.63, 3.8) is 0 Å². The molecule has 0 saturated carbocycles. The van der Waals surface area contributed by atoms with Gasteiger partial charge in [-0.1, -0.05) is 17.8 Å². The van der Waals surface area contributed by atoms with Crippen LogP contribution in [0.25, 0.3) is 0 Å². The van der Waals surface area contributed by atoms with Crippen molar-refractivity contribution in [1.29, 1.82) is 0 Å². The number of thioether (sulfide) groups is 1. The molecular formula is C14H20INO6S. The highest BCUT2D eigenvalue weighted by Gasteiger charge is 2.20. The lowest BCUT2D eigenvalue weighted by Gasteiger charge is -2.18. The van der Waals surface area contributed by atoms with Crippen molar-refractivity contribution in [2.45, 2.75) is 32.1 Å². The lowest BCUT2D eigenvalue weighted by Crippen LogP contribution is -2.34. The van der Waals surface area contributed by atoms with Crippen molar-refractivity contribution in [3.05, 3.63) is 23.8 Å². The van der Waals surface area contributed by atoms with Crippen molar-refractivity contribution in [2.24, 2.45) is 0 Å². The largest absolute Gasteiger partial charge is 0.504 e. The number of phenolic OH excluding ortho intramolecular Hbond substituents is 2. The molecule has 1 rings (SSSR count). The number of rotatable bonds is 9. The molecule has 1 aromatic rings. The maximum atomic E-state index is 12.0. The van der Waals surface area contributed by atoms with E-state index in [0.717, 1.165) is 0 Å². The summed E-state index contributed by atoms with van der Waals surface area (Å²) in [6.07, 6.45) is 0.306. The molecule has 1 aromatic carbocycles. The van der Waals surface area contributed by atoms with Gasteiger partial charge in [0.25, 0.3) is 0 Å². The van der Waals surface area contributed by atoms with Gasteiger partial charge >= 0.3 is 5.97 Å². The third-order valence-electron chi connectivity index (χ3n) is 2.68. The van der Waals surface area contributed by atoms with Gasteiger partial charge in [0.15, 0.2) is 17.3 Å². The molecule has 0 aliphatic carbocycles. The Labute approximate surface area is 152 Å². The number of aromatic hydroxyl groups is 2. The third kappa shape index (κ3) is 8.06. The number of aliphatic hydroxyl groups is 1. The van der Waals surface area contributed by atoms with Gasteiger partial charge in [0.1, 0.15) is 12.0 Å². The fourth-order valence-electron chi connectivity index (χ4n) is 1.52. The lowest BCUT2D eigenvalue weighted by atomic mass is 10.1. The van der Waals surface area contributed by atoms with Gasteiger partial charge in [-0.3, -0.25) is 4.79 Å². The minimum atomic E-state index is -1.22.